The number of nitrogens with two attached hydrogens (primary N) is 1. The summed E-state index contributed by atoms with van der Waals surface area (Å²) < 4.78 is 0. The number of hydrogen-bond donors (Lipinski definition) is 2. The Morgan fingerprint density at radius 3 is 1.95 bits per heavy atom. The van der Waals surface area contributed by atoms with Gasteiger partial charge in [0.05, 0.1) is 0 Å². The highest BCUT2D eigenvalue weighted by Crippen LogP contribution is 2.12. The smallest absolute Gasteiger partial charge is 0.326 e. The molecule has 0 saturated heterocycles. The Hall–Kier alpha value is -1.95. The van der Waals surface area contributed by atoms with E-state index in [2.05, 4.69) is 0 Å². The first-order valence-corrected chi connectivity index (χ1v) is 6.55. The third kappa shape index (κ3) is 5.79. The van der Waals surface area contributed by atoms with Crippen molar-refractivity contribution in [2.75, 3.05) is 6.54 Å². The maximum Gasteiger partial charge on any atom is 0.326 e. The van der Waals surface area contributed by atoms with E-state index < -0.39 is 23.8 Å². The molecule has 0 aromatic rings. The second kappa shape index (κ2) is 9.91. The molecule has 6 nitrogen and oxygen atoms in total. The van der Waals surface area contributed by atoms with Crippen LogP contribution in [0.2, 0.25) is 0 Å². The molecule has 0 fully saturated rings. The van der Waals surface area contributed by atoms with Crippen LogP contribution in [-0.4, -0.2) is 40.4 Å². The van der Waals surface area contributed by atoms with Gasteiger partial charge < -0.3 is 10.8 Å². The van der Waals surface area contributed by atoms with Crippen molar-refractivity contribution >= 4 is 17.8 Å². The summed E-state index contributed by atoms with van der Waals surface area (Å²) in [6, 6.07) is -1.17. The number of carbonyl (C=O) groups excluding carboxylic acids is 2. The van der Waals surface area contributed by atoms with Gasteiger partial charge in [-0.25, -0.2) is 4.79 Å². The maximum absolute atomic E-state index is 11.9. The van der Waals surface area contributed by atoms with Gasteiger partial charge in [-0.2, -0.15) is 0 Å². The largest absolute Gasteiger partial charge is 0.480 e. The van der Waals surface area contributed by atoms with Crippen LogP contribution in [0.1, 0.15) is 33.1 Å². The van der Waals surface area contributed by atoms with Crippen LogP contribution in [0.3, 0.4) is 0 Å². The Morgan fingerprint density at radius 2 is 1.60 bits per heavy atom. The SMILES string of the molecule is CC=CC(=O)N(C(=O)C=CC)C(CCCCN)C(=O)O. The van der Waals surface area contributed by atoms with Gasteiger partial charge in [-0.15, -0.1) is 0 Å². The van der Waals surface area contributed by atoms with Gasteiger partial charge in [-0.1, -0.05) is 12.2 Å². The highest BCUT2D eigenvalue weighted by molar-refractivity contribution is 6.07. The van der Waals surface area contributed by atoms with E-state index in [1.54, 1.807) is 13.8 Å². The van der Waals surface area contributed by atoms with E-state index in [-0.39, 0.29) is 6.42 Å². The van der Waals surface area contributed by atoms with Gasteiger partial charge in [0, 0.05) is 0 Å². The molecule has 0 aromatic heterocycles. The molecule has 1 unspecified atom stereocenters. The Kier molecular flexibility index (Phi) is 8.95. The zero-order valence-electron chi connectivity index (χ0n) is 11.9. The Morgan fingerprint density at radius 1 is 1.10 bits per heavy atom. The van der Waals surface area contributed by atoms with E-state index in [9.17, 15) is 19.5 Å². The predicted octanol–water partition coefficient (Wildman–Crippen LogP) is 1.08. The molecule has 0 aliphatic carbocycles. The molecule has 0 rings (SSSR count). The summed E-state index contributed by atoms with van der Waals surface area (Å²) in [7, 11) is 0. The summed E-state index contributed by atoms with van der Waals surface area (Å²) in [4.78, 5) is 36.0. The molecule has 1 atom stereocenters. The van der Waals surface area contributed by atoms with Crippen molar-refractivity contribution in [3.63, 3.8) is 0 Å². The number of carbonyl (C=O) groups is 3. The van der Waals surface area contributed by atoms with Crippen molar-refractivity contribution in [1.29, 1.82) is 0 Å². The molecule has 0 saturated carbocycles. The Labute approximate surface area is 118 Å². The fraction of sp³-hybridized carbons (Fsp3) is 0.500. The molecule has 3 N–H and O–H groups in total. The average molecular weight is 282 g/mol. The molecular weight excluding hydrogens is 260 g/mol. The van der Waals surface area contributed by atoms with E-state index in [1.165, 1.54) is 24.3 Å². The Balaban J connectivity index is 5.24. The van der Waals surface area contributed by atoms with E-state index in [1.807, 2.05) is 0 Å². The van der Waals surface area contributed by atoms with Crippen LogP contribution >= 0.6 is 0 Å². The summed E-state index contributed by atoms with van der Waals surface area (Å²) in [5, 5.41) is 9.25. The topological polar surface area (TPSA) is 101 Å². The average Bonchev–Trinajstić information content (AvgIpc) is 2.38. The molecule has 0 aromatic carbocycles. The van der Waals surface area contributed by atoms with Gasteiger partial charge in [0.1, 0.15) is 6.04 Å². The van der Waals surface area contributed by atoms with E-state index in [0.717, 1.165) is 4.90 Å². The normalized spacial score (nSPS) is 12.8. The van der Waals surface area contributed by atoms with Crippen LogP contribution in [-0.2, 0) is 14.4 Å². The number of carboxylic acids is 1. The van der Waals surface area contributed by atoms with Crippen LogP contribution in [0.4, 0.5) is 0 Å². The van der Waals surface area contributed by atoms with Crippen LogP contribution in [0, 0.1) is 0 Å². The van der Waals surface area contributed by atoms with Crippen LogP contribution in [0.5, 0.6) is 0 Å². The van der Waals surface area contributed by atoms with Crippen LogP contribution in [0.15, 0.2) is 24.3 Å². The molecule has 6 heteroatoms. The number of amides is 2. The third-order valence-electron chi connectivity index (χ3n) is 2.62. The molecule has 0 radical (unpaired) electrons. The van der Waals surface area contributed by atoms with E-state index >= 15 is 0 Å². The molecule has 0 bridgehead atoms. The lowest BCUT2D eigenvalue weighted by atomic mass is 10.1. The number of nitrogens with zero attached hydrogens (tertiary/aromatic N) is 1. The van der Waals surface area contributed by atoms with Gasteiger partial charge in [-0.3, -0.25) is 14.5 Å². The minimum absolute atomic E-state index is 0.194. The van der Waals surface area contributed by atoms with Crippen molar-refractivity contribution in [2.45, 2.75) is 39.2 Å². The highest BCUT2D eigenvalue weighted by Gasteiger charge is 2.31. The molecule has 0 heterocycles. The molecule has 112 valence electrons. The number of imide groups is 1. The van der Waals surface area contributed by atoms with Crippen LogP contribution in [0.25, 0.3) is 0 Å². The van der Waals surface area contributed by atoms with Gasteiger partial charge in [-0.05, 0) is 51.8 Å². The summed E-state index contributed by atoms with van der Waals surface area (Å²) >= 11 is 0. The van der Waals surface area contributed by atoms with Gasteiger partial charge in [0.2, 0.25) is 0 Å². The van der Waals surface area contributed by atoms with E-state index in [0.29, 0.717) is 19.4 Å². The van der Waals surface area contributed by atoms with Gasteiger partial charge in [0.15, 0.2) is 0 Å². The van der Waals surface area contributed by atoms with Crippen molar-refractivity contribution < 1.29 is 19.5 Å². The number of carboxylic acid groups (broad SMARTS) is 1. The monoisotopic (exact) mass is 282 g/mol. The molecule has 0 aliphatic rings. The first-order valence-electron chi connectivity index (χ1n) is 6.55. The predicted molar refractivity (Wildman–Crippen MR) is 75.8 cm³/mol. The summed E-state index contributed by atoms with van der Waals surface area (Å²) in [6.45, 7) is 3.69. The molecular formula is C14H22N2O4. The highest BCUT2D eigenvalue weighted by atomic mass is 16.4. The van der Waals surface area contributed by atoms with Gasteiger partial charge >= 0.3 is 5.97 Å². The standard InChI is InChI=1S/C14H22N2O4/c1-3-7-12(17)16(13(18)8-4-2)11(14(19)20)9-5-6-10-15/h3-4,7-8,11H,5-6,9-10,15H2,1-2H3,(H,19,20). The lowest BCUT2D eigenvalue weighted by Crippen LogP contribution is -2.47. The first-order chi connectivity index (χ1) is 9.49. The quantitative estimate of drug-likeness (QED) is 0.512. The second-order valence-corrected chi connectivity index (χ2v) is 4.18. The number of unbranched alkanes of at least 4 members (excludes halogenated alkanes) is 1. The fourth-order valence-corrected chi connectivity index (χ4v) is 1.71. The zero-order valence-corrected chi connectivity index (χ0v) is 11.9. The summed E-state index contributed by atoms with van der Waals surface area (Å²) in [5.41, 5.74) is 5.36. The summed E-state index contributed by atoms with van der Waals surface area (Å²) in [5.74, 6) is -2.45. The van der Waals surface area contributed by atoms with Crippen LogP contribution < -0.4 is 5.73 Å². The zero-order chi connectivity index (χ0) is 15.5. The van der Waals surface area contributed by atoms with E-state index in [4.69, 9.17) is 5.73 Å². The second-order valence-electron chi connectivity index (χ2n) is 4.18. The fourth-order valence-electron chi connectivity index (χ4n) is 1.71. The number of allylic oxidation sites excluding steroid dienone is 2. The summed E-state index contributed by atoms with van der Waals surface area (Å²) in [6.07, 6.45) is 6.68. The molecule has 20 heavy (non-hydrogen) atoms. The minimum atomic E-state index is -1.20. The van der Waals surface area contributed by atoms with Crippen molar-refractivity contribution in [3.05, 3.63) is 24.3 Å². The van der Waals surface area contributed by atoms with Crippen molar-refractivity contribution in [3.8, 4) is 0 Å². The lowest BCUT2D eigenvalue weighted by molar-refractivity contribution is -0.154. The first kappa shape index (κ1) is 18.0. The van der Waals surface area contributed by atoms with Crippen molar-refractivity contribution in [2.24, 2.45) is 5.73 Å². The molecule has 0 aliphatic heterocycles. The minimum Gasteiger partial charge on any atom is -0.480 e. The number of aliphatic carboxylic acids is 1. The molecule has 0 spiro atoms. The Bertz CT molecular complexity index is 378. The number of hydrogen-bond acceptors (Lipinski definition) is 4. The van der Waals surface area contributed by atoms with Crippen molar-refractivity contribution in [1.82, 2.24) is 4.90 Å². The molecule has 2 amide bonds. The van der Waals surface area contributed by atoms with Gasteiger partial charge in [0.25, 0.3) is 11.8 Å². The lowest BCUT2D eigenvalue weighted by Gasteiger charge is -2.25. The third-order valence-corrected chi connectivity index (χ3v) is 2.62. The number of rotatable bonds is 8. The maximum atomic E-state index is 11.9.